The molecule has 0 N–H and O–H groups in total. The van der Waals surface area contributed by atoms with Gasteiger partial charge >= 0.3 is 0 Å². The highest BCUT2D eigenvalue weighted by atomic mass is 35.7. The van der Waals surface area contributed by atoms with Gasteiger partial charge in [0.15, 0.2) is 0 Å². The Balaban J connectivity index is 5.63. The number of ether oxygens (including phenoxy) is 1. The van der Waals surface area contributed by atoms with E-state index < -0.39 is 47.8 Å². The lowest BCUT2D eigenvalue weighted by atomic mass is 10.00. The molecule has 51 heavy (non-hydrogen) atoms. The first-order valence-electron chi connectivity index (χ1n) is 19.8. The lowest BCUT2D eigenvalue weighted by Crippen LogP contribution is -2.68. The fraction of sp³-hybridized carbons (Fsp3) is 1.00. The normalized spacial score (nSPS) is 17.5. The summed E-state index contributed by atoms with van der Waals surface area (Å²) < 4.78 is 12.4. The summed E-state index contributed by atoms with van der Waals surface area (Å²) in [4.78, 5) is 0. The zero-order chi connectivity index (χ0) is 41.1. The van der Waals surface area contributed by atoms with Crippen molar-refractivity contribution in [2.24, 2.45) is 0 Å². The third kappa shape index (κ3) is 13.7. The Labute approximate surface area is 347 Å². The molecule has 0 heterocycles. The standard InChI is InChI=1S/C38H86Cl4N2OSi6/c1-33(2,3)48(15,16)43(49(17,18)34(4,5)6)29-23-25-37(13,46(39)40)27-31-45-32-28-38(14,47(41)42)26-24-30-44(50(19,20)35(7,8)9)51(21,22)36(10,11)12/h23-32H2,1-22H3. The molecule has 0 aromatic heterocycles. The van der Waals surface area contributed by atoms with E-state index in [4.69, 9.17) is 49.1 Å². The molecule has 0 aliphatic heterocycles. The summed E-state index contributed by atoms with van der Waals surface area (Å²) in [6.07, 6.45) is 6.07. The van der Waals surface area contributed by atoms with Crippen molar-refractivity contribution in [1.82, 2.24) is 8.46 Å². The van der Waals surface area contributed by atoms with Crippen LogP contribution in [0.1, 0.15) is 135 Å². The van der Waals surface area contributed by atoms with E-state index in [1.165, 1.54) is 0 Å². The SMILES string of the molecule is CC(CCCN([Si](C)(C)C(C)(C)C)[Si](C)(C)C(C)(C)C)(CCOCCC(C)(CCCN([Si](C)(C)C(C)(C)C)[Si](C)(C)C(C)(C)C)[Si](Cl)Cl)[Si](Cl)Cl. The predicted octanol–water partition coefficient (Wildman–Crippen LogP) is 15.4. The van der Waals surface area contributed by atoms with Crippen molar-refractivity contribution >= 4 is 92.1 Å². The first kappa shape index (κ1) is 53.3. The van der Waals surface area contributed by atoms with E-state index in [2.05, 4.69) is 158 Å². The van der Waals surface area contributed by atoms with Crippen LogP contribution in [0.3, 0.4) is 0 Å². The van der Waals surface area contributed by atoms with E-state index in [9.17, 15) is 0 Å². The average Bonchev–Trinajstić information content (AvgIpc) is 2.90. The van der Waals surface area contributed by atoms with Crippen LogP contribution in [0, 0.1) is 0 Å². The largest absolute Gasteiger partial charge is 0.381 e. The van der Waals surface area contributed by atoms with Crippen LogP contribution in [0.4, 0.5) is 0 Å². The zero-order valence-electron chi connectivity index (χ0n) is 37.9. The Morgan fingerprint density at radius 1 is 0.412 bits per heavy atom. The molecule has 0 saturated heterocycles. The van der Waals surface area contributed by atoms with Crippen molar-refractivity contribution in [3.8, 4) is 0 Å². The number of halogens is 4. The van der Waals surface area contributed by atoms with E-state index in [1.807, 2.05) is 0 Å². The van der Waals surface area contributed by atoms with Crippen LogP contribution in [0.5, 0.6) is 0 Å². The van der Waals surface area contributed by atoms with Crippen LogP contribution >= 0.6 is 44.3 Å². The second-order valence-electron chi connectivity index (χ2n) is 22.5. The summed E-state index contributed by atoms with van der Waals surface area (Å²) in [6.45, 7) is 58.2. The Kier molecular flexibility index (Phi) is 19.8. The molecule has 0 aromatic rings. The van der Waals surface area contributed by atoms with Gasteiger partial charge in [-0.3, -0.25) is 0 Å². The fourth-order valence-corrected chi connectivity index (χ4v) is 31.6. The van der Waals surface area contributed by atoms with Gasteiger partial charge in [-0.2, -0.15) is 0 Å². The van der Waals surface area contributed by atoms with Crippen molar-refractivity contribution in [2.45, 2.75) is 218 Å². The Morgan fingerprint density at radius 2 is 0.627 bits per heavy atom. The maximum absolute atomic E-state index is 6.84. The summed E-state index contributed by atoms with van der Waals surface area (Å²) in [5.41, 5.74) is 0. The molecule has 3 nitrogen and oxygen atoms in total. The molecular weight excluding hydrogens is 811 g/mol. The highest BCUT2D eigenvalue weighted by molar-refractivity contribution is 7.35. The molecule has 0 aromatic carbocycles. The van der Waals surface area contributed by atoms with Crippen LogP contribution in [-0.2, 0) is 4.74 Å². The molecule has 2 unspecified atom stereocenters. The summed E-state index contributed by atoms with van der Waals surface area (Å²) in [6, 6.07) is 0. The molecule has 0 aliphatic carbocycles. The van der Waals surface area contributed by atoms with Gasteiger partial charge in [0.2, 0.25) is 0 Å². The highest BCUT2D eigenvalue weighted by Gasteiger charge is 2.53. The quantitative estimate of drug-likeness (QED) is 0.0688. The molecule has 2 radical (unpaired) electrons. The topological polar surface area (TPSA) is 15.7 Å². The van der Waals surface area contributed by atoms with Crippen LogP contribution in [0.15, 0.2) is 0 Å². The van der Waals surface area contributed by atoms with Gasteiger partial charge in [-0.25, -0.2) is 0 Å². The third-order valence-electron chi connectivity index (χ3n) is 14.8. The Hall–Kier alpha value is 2.34. The van der Waals surface area contributed by atoms with Gasteiger partial charge in [0.25, 0.3) is 14.8 Å². The molecule has 0 rings (SSSR count). The van der Waals surface area contributed by atoms with Crippen LogP contribution < -0.4 is 0 Å². The van der Waals surface area contributed by atoms with Crippen LogP contribution in [0.2, 0.25) is 82.6 Å². The van der Waals surface area contributed by atoms with E-state index in [1.54, 1.807) is 0 Å². The molecule has 0 fully saturated rings. The number of hydrogen-bond acceptors (Lipinski definition) is 3. The molecule has 13 heteroatoms. The van der Waals surface area contributed by atoms with Gasteiger partial charge in [0.05, 0.1) is 0 Å². The van der Waals surface area contributed by atoms with Crippen molar-refractivity contribution in [2.75, 3.05) is 26.3 Å². The van der Waals surface area contributed by atoms with E-state index >= 15 is 0 Å². The summed E-state index contributed by atoms with van der Waals surface area (Å²) in [5.74, 6) is 0. The summed E-state index contributed by atoms with van der Waals surface area (Å²) >= 11 is 27.4. The van der Waals surface area contributed by atoms with Crippen molar-refractivity contribution in [1.29, 1.82) is 0 Å². The lowest BCUT2D eigenvalue weighted by molar-refractivity contribution is 0.111. The van der Waals surface area contributed by atoms with Gasteiger partial charge < -0.3 is 13.2 Å². The smallest absolute Gasteiger partial charge is 0.280 e. The van der Waals surface area contributed by atoms with Crippen molar-refractivity contribution < 1.29 is 4.74 Å². The molecule has 306 valence electrons. The predicted molar refractivity (Wildman–Crippen MR) is 252 cm³/mol. The maximum Gasteiger partial charge on any atom is 0.280 e. The van der Waals surface area contributed by atoms with Gasteiger partial charge in [0, 0.05) is 13.2 Å². The zero-order valence-corrected chi connectivity index (χ0v) is 46.9. The van der Waals surface area contributed by atoms with Crippen molar-refractivity contribution in [3.05, 3.63) is 0 Å². The maximum atomic E-state index is 6.84. The molecular formula is C38H86Cl4N2OSi6. The molecule has 2 atom stereocenters. The first-order valence-corrected chi connectivity index (χ1v) is 38.6. The van der Waals surface area contributed by atoms with Gasteiger partial charge in [0.1, 0.15) is 32.9 Å². The molecule has 0 saturated carbocycles. The fourth-order valence-electron chi connectivity index (χ4n) is 6.71. The Bertz CT molecular complexity index is 931. The third-order valence-corrected chi connectivity index (χ3v) is 50.8. The van der Waals surface area contributed by atoms with Crippen LogP contribution in [0.25, 0.3) is 0 Å². The molecule has 0 aliphatic rings. The first-order chi connectivity index (χ1) is 22.3. The van der Waals surface area contributed by atoms with E-state index in [-0.39, 0.29) is 10.1 Å². The summed E-state index contributed by atoms with van der Waals surface area (Å²) in [7, 11) is -10.0. The summed E-state index contributed by atoms with van der Waals surface area (Å²) in [5, 5.41) is 0.978. The number of rotatable bonds is 20. The molecule has 0 amide bonds. The van der Waals surface area contributed by atoms with Gasteiger partial charge in [-0.1, -0.05) is 149 Å². The number of hydrogen-bond donors (Lipinski definition) is 0. The van der Waals surface area contributed by atoms with Gasteiger partial charge in [-0.15, -0.1) is 44.3 Å². The average molecular weight is 897 g/mol. The molecule has 0 bridgehead atoms. The number of nitrogens with zero attached hydrogens (tertiary/aromatic N) is 2. The minimum atomic E-state index is -1.72. The second kappa shape index (κ2) is 18.9. The monoisotopic (exact) mass is 894 g/mol. The van der Waals surface area contributed by atoms with Crippen LogP contribution in [-0.4, -0.2) is 82.5 Å². The van der Waals surface area contributed by atoms with Gasteiger partial charge in [-0.05, 0) is 81.8 Å². The highest BCUT2D eigenvalue weighted by Crippen LogP contribution is 2.50. The van der Waals surface area contributed by atoms with E-state index in [0.717, 1.165) is 51.6 Å². The Morgan fingerprint density at radius 3 is 0.804 bits per heavy atom. The van der Waals surface area contributed by atoms with E-state index in [0.29, 0.717) is 33.4 Å². The molecule has 0 spiro atoms. The lowest BCUT2D eigenvalue weighted by Gasteiger charge is -2.57. The second-order valence-corrected chi connectivity index (χ2v) is 53.2. The van der Waals surface area contributed by atoms with Crippen molar-refractivity contribution in [3.63, 3.8) is 0 Å². The minimum Gasteiger partial charge on any atom is -0.381 e. The minimum absolute atomic E-state index is 0.103.